The van der Waals surface area contributed by atoms with Crippen molar-refractivity contribution in [3.63, 3.8) is 0 Å². The molecule has 0 atom stereocenters. The number of unbranched alkanes of at least 4 members (excludes halogenated alkanes) is 12. The van der Waals surface area contributed by atoms with Gasteiger partial charge in [0.15, 0.2) is 0 Å². The summed E-state index contributed by atoms with van der Waals surface area (Å²) >= 11 is 2.43. The van der Waals surface area contributed by atoms with E-state index in [1.807, 2.05) is 12.1 Å². The molecule has 0 bridgehead atoms. The Morgan fingerprint density at radius 3 is 0.899 bits per heavy atom. The molecular weight excluding hydrogens is 1160 g/mol. The number of fused-ring (bicyclic) bond motifs is 6. The number of aryl methyl sites for hydroxylation is 2. The quantitative estimate of drug-likeness (QED) is 0.0224. The number of halogens is 6. The van der Waals surface area contributed by atoms with Crippen LogP contribution in [0.15, 0.2) is 97.1 Å². The third-order valence-corrected chi connectivity index (χ3v) is 22.1. The summed E-state index contributed by atoms with van der Waals surface area (Å²) in [4.78, 5) is 1.77. The summed E-state index contributed by atoms with van der Waals surface area (Å²) in [5.74, 6) is -16.0. The van der Waals surface area contributed by atoms with Crippen LogP contribution in [0, 0.1) is 13.8 Å². The molecule has 89 heavy (non-hydrogen) atoms. The summed E-state index contributed by atoms with van der Waals surface area (Å²) in [7, 11) is 26.9. The molecule has 0 saturated heterocycles. The Kier molecular flexibility index (Phi) is 20.7. The van der Waals surface area contributed by atoms with Gasteiger partial charge in [0.1, 0.15) is 0 Å². The van der Waals surface area contributed by atoms with Crippen LogP contribution in [0.4, 0.5) is 26.3 Å². The molecule has 0 N–H and O–H groups in total. The van der Waals surface area contributed by atoms with E-state index >= 15 is 26.3 Å². The highest BCUT2D eigenvalue weighted by molar-refractivity contribution is 7.16. The zero-order chi connectivity index (χ0) is 64.6. The first-order valence-corrected chi connectivity index (χ1v) is 35.2. The number of hydrogen-bond acceptors (Lipinski definition) is 2. The van der Waals surface area contributed by atoms with Crippen molar-refractivity contribution in [2.24, 2.45) is 0 Å². The van der Waals surface area contributed by atoms with Crippen molar-refractivity contribution in [3.8, 4) is 43.1 Å². The van der Waals surface area contributed by atoms with Crippen molar-refractivity contribution in [1.29, 1.82) is 0 Å². The summed E-state index contributed by atoms with van der Waals surface area (Å²) in [5.41, 5.74) is 7.72. The molecule has 0 saturated carbocycles. The Labute approximate surface area is 540 Å². The maximum Gasteiger partial charge on any atom is 0.380 e. The van der Waals surface area contributed by atoms with Crippen molar-refractivity contribution in [2.45, 2.75) is 171 Å². The van der Waals surface area contributed by atoms with Gasteiger partial charge < -0.3 is 17.9 Å². The first-order valence-electron chi connectivity index (χ1n) is 33.5. The molecule has 9 rings (SSSR count). The van der Waals surface area contributed by atoms with Gasteiger partial charge in [-0.05, 0) is 182 Å². The van der Waals surface area contributed by atoms with E-state index in [4.69, 9.17) is 0 Å². The van der Waals surface area contributed by atoms with Gasteiger partial charge in [-0.15, -0.1) is 22.7 Å². The molecule has 0 amide bonds. The zero-order valence-corrected chi connectivity index (χ0v) is 58.2. The standard InChI is InChI=1S/C77H106F6N4S2/c1-55-63(53-69(88-55)57-39-41-61-59-35-23-25-37-65(59)73(67(61)51-57,43-27-15-19-31-47-84(3,4)5)44-28-16-20-32-48-85(6,7)8)71-72(76(80,81)77(82,83)75(71,78)79)64-54-70(89-56(64)2)58-40-42-62-60-36-24-26-38-66(60)74(68(62)52-58,45-29-17-21-33-49-86(9,10)11)46-30-18-22-34-50-87(12,13)14/h23-26,35-42,51-54H,15-22,27-34,43-50H2,1-14H3/q+4. The maximum atomic E-state index is 17.0. The minimum Gasteiger partial charge on any atom is -0.331 e. The fraction of sp³-hybridized carbons (Fsp3) is 0.558. The van der Waals surface area contributed by atoms with Gasteiger partial charge in [0, 0.05) is 41.5 Å². The van der Waals surface area contributed by atoms with Crippen LogP contribution >= 0.6 is 22.7 Å². The lowest BCUT2D eigenvalue weighted by Gasteiger charge is -2.33. The minimum absolute atomic E-state index is 0.248. The first-order chi connectivity index (χ1) is 41.7. The number of thiophene rings is 2. The SMILES string of the molecule is Cc1sc(-c2ccc3c(c2)C(CCCCCC[N+](C)(C)C)(CCCCCC[N+](C)(C)C)c2ccccc2-3)cc1C1=C(c2cc(-c3ccc4c(c3)C(CCCCCC[N+](C)(C)C)(CCCCCC[N+](C)(C)C)c3ccccc3-4)sc2C)C(F)(F)C(F)(F)C1(F)F. The summed E-state index contributed by atoms with van der Waals surface area (Å²) in [5, 5.41) is 0. The molecule has 0 spiro atoms. The monoisotopic (exact) mass is 1260 g/mol. The highest BCUT2D eigenvalue weighted by Crippen LogP contribution is 2.67. The van der Waals surface area contributed by atoms with E-state index < -0.39 is 28.9 Å². The number of rotatable bonds is 32. The Bertz CT molecular complexity index is 3170. The fourth-order valence-corrected chi connectivity index (χ4v) is 17.2. The van der Waals surface area contributed by atoms with Gasteiger partial charge in [-0.25, -0.2) is 0 Å². The van der Waals surface area contributed by atoms with Crippen molar-refractivity contribution in [3.05, 3.63) is 140 Å². The van der Waals surface area contributed by atoms with E-state index in [0.717, 1.165) is 195 Å². The molecule has 0 aliphatic heterocycles. The smallest absolute Gasteiger partial charge is 0.331 e. The second-order valence-electron chi connectivity index (χ2n) is 31.1. The lowest BCUT2D eigenvalue weighted by Crippen LogP contribution is -2.48. The molecule has 6 aromatic rings. The molecule has 0 radical (unpaired) electrons. The largest absolute Gasteiger partial charge is 0.380 e. The molecule has 484 valence electrons. The highest BCUT2D eigenvalue weighted by atomic mass is 32.1. The van der Waals surface area contributed by atoms with Gasteiger partial charge in [0.2, 0.25) is 0 Å². The van der Waals surface area contributed by atoms with Crippen LogP contribution in [0.25, 0.3) is 54.3 Å². The van der Waals surface area contributed by atoms with E-state index in [1.54, 1.807) is 13.8 Å². The van der Waals surface area contributed by atoms with Gasteiger partial charge in [0.25, 0.3) is 0 Å². The summed E-state index contributed by atoms with van der Waals surface area (Å²) in [6.45, 7) is 7.69. The fourth-order valence-electron chi connectivity index (χ4n) is 15.2. The second kappa shape index (κ2) is 26.8. The number of benzene rings is 4. The Hall–Kier alpha value is -4.56. The average molecular weight is 1270 g/mol. The normalized spacial score (nSPS) is 17.1. The third kappa shape index (κ3) is 14.8. The molecule has 4 aromatic carbocycles. The molecule has 2 aromatic heterocycles. The Morgan fingerprint density at radius 2 is 0.596 bits per heavy atom. The van der Waals surface area contributed by atoms with Gasteiger partial charge in [0.05, 0.1) is 111 Å². The zero-order valence-electron chi connectivity index (χ0n) is 56.6. The molecule has 3 aliphatic carbocycles. The number of alkyl halides is 6. The molecule has 3 aliphatic rings. The van der Waals surface area contributed by atoms with Crippen molar-refractivity contribution < 1.29 is 44.3 Å². The van der Waals surface area contributed by atoms with Crippen LogP contribution in [0.3, 0.4) is 0 Å². The number of quaternary nitrogens is 4. The molecule has 12 heteroatoms. The lowest BCUT2D eigenvalue weighted by atomic mass is 9.70. The van der Waals surface area contributed by atoms with E-state index in [1.165, 1.54) is 68.2 Å². The third-order valence-electron chi connectivity index (χ3n) is 19.9. The maximum absolute atomic E-state index is 17.0. The van der Waals surface area contributed by atoms with E-state index in [-0.39, 0.29) is 22.0 Å². The van der Waals surface area contributed by atoms with Gasteiger partial charge >= 0.3 is 17.8 Å². The highest BCUT2D eigenvalue weighted by Gasteiger charge is 2.80. The first kappa shape index (κ1) is 68.8. The van der Waals surface area contributed by atoms with Crippen LogP contribution in [-0.2, 0) is 10.8 Å². The Morgan fingerprint density at radius 1 is 0.315 bits per heavy atom. The van der Waals surface area contributed by atoms with Gasteiger partial charge in [-0.2, -0.15) is 26.3 Å². The molecule has 4 nitrogen and oxygen atoms in total. The molecule has 2 heterocycles. The van der Waals surface area contributed by atoms with E-state index in [0.29, 0.717) is 19.5 Å². The Balaban J connectivity index is 1.08. The average Bonchev–Trinajstić information content (AvgIpc) is 1.55. The van der Waals surface area contributed by atoms with Gasteiger partial charge in [-0.1, -0.05) is 124 Å². The van der Waals surface area contributed by atoms with Crippen LogP contribution < -0.4 is 0 Å². The molecule has 0 fully saturated rings. The van der Waals surface area contributed by atoms with Crippen molar-refractivity contribution in [2.75, 3.05) is 111 Å². The minimum atomic E-state index is -5.68. The second-order valence-corrected chi connectivity index (χ2v) is 33.6. The molecule has 0 unspecified atom stereocenters. The topological polar surface area (TPSA) is 0 Å². The molecular formula is C77H106F6N4S2+4. The predicted molar refractivity (Wildman–Crippen MR) is 367 cm³/mol. The van der Waals surface area contributed by atoms with Crippen molar-refractivity contribution in [1.82, 2.24) is 0 Å². The summed E-state index contributed by atoms with van der Waals surface area (Å²) in [6.07, 6.45) is 21.7. The van der Waals surface area contributed by atoms with E-state index in [2.05, 4.69) is 157 Å². The lowest BCUT2D eigenvalue weighted by molar-refractivity contribution is -0.870. The van der Waals surface area contributed by atoms with Gasteiger partial charge in [-0.3, -0.25) is 0 Å². The number of nitrogens with zero attached hydrogens (tertiary/aromatic N) is 4. The predicted octanol–water partition coefficient (Wildman–Crippen LogP) is 20.8. The van der Waals surface area contributed by atoms with Crippen molar-refractivity contribution >= 4 is 33.8 Å². The number of allylic oxidation sites excluding steroid dienone is 2. The van der Waals surface area contributed by atoms with Crippen LogP contribution in [-0.4, -0.2) is 146 Å². The summed E-state index contributed by atoms with van der Waals surface area (Å²) < 4.78 is 105. The van der Waals surface area contributed by atoms with Crippen LogP contribution in [0.2, 0.25) is 0 Å². The number of hydrogen-bond donors (Lipinski definition) is 0. The van der Waals surface area contributed by atoms with Crippen LogP contribution in [0.1, 0.15) is 172 Å². The van der Waals surface area contributed by atoms with E-state index in [9.17, 15) is 0 Å². The summed E-state index contributed by atoms with van der Waals surface area (Å²) in [6, 6.07) is 33.2. The van der Waals surface area contributed by atoms with Crippen LogP contribution in [0.5, 0.6) is 0 Å².